The maximum Gasteiger partial charge on any atom is 0.378 e. The van der Waals surface area contributed by atoms with E-state index in [1.807, 2.05) is 0 Å². The smallest absolute Gasteiger partial charge is 0.378 e. The van der Waals surface area contributed by atoms with E-state index in [4.69, 9.17) is 4.74 Å². The summed E-state index contributed by atoms with van der Waals surface area (Å²) in [6, 6.07) is 0. The van der Waals surface area contributed by atoms with Crippen molar-refractivity contribution in [3.63, 3.8) is 0 Å². The molecular weight excluding hydrogens is 194 g/mol. The molecule has 1 aromatic rings. The molecule has 1 atom stereocenters. The van der Waals surface area contributed by atoms with Gasteiger partial charge in [0.05, 0.1) is 6.61 Å². The number of carbonyl (C=O) groups excluding carboxylic acids is 1. The van der Waals surface area contributed by atoms with Crippen LogP contribution in [0.15, 0.2) is 0 Å². The Morgan fingerprint density at radius 3 is 2.87 bits per heavy atom. The topological polar surface area (TPSA) is 67.9 Å². The third kappa shape index (κ3) is 3.34. The highest BCUT2D eigenvalue weighted by molar-refractivity contribution is 5.84. The van der Waals surface area contributed by atoms with Gasteiger partial charge in [0, 0.05) is 6.42 Å². The third-order valence-electron chi connectivity index (χ3n) is 2.23. The fraction of sp³-hybridized carbons (Fsp3) is 0.700. The molecule has 0 aromatic carbocycles. The van der Waals surface area contributed by atoms with E-state index in [2.05, 4.69) is 29.0 Å². The fourth-order valence-corrected chi connectivity index (χ4v) is 1.15. The number of hydrogen-bond donors (Lipinski definition) is 1. The molecule has 5 nitrogen and oxygen atoms in total. The molecule has 0 bridgehead atoms. The molecule has 15 heavy (non-hydrogen) atoms. The molecule has 1 aromatic heterocycles. The molecule has 0 amide bonds. The van der Waals surface area contributed by atoms with E-state index in [0.717, 1.165) is 18.7 Å². The predicted molar refractivity (Wildman–Crippen MR) is 55.5 cm³/mol. The largest absolute Gasteiger partial charge is 0.460 e. The molecular formula is C10H17N3O2. The number of rotatable bonds is 5. The van der Waals surface area contributed by atoms with Crippen LogP contribution in [0.1, 0.15) is 43.6 Å². The number of H-pyrrole nitrogens is 1. The van der Waals surface area contributed by atoms with Crippen molar-refractivity contribution < 1.29 is 9.53 Å². The third-order valence-corrected chi connectivity index (χ3v) is 2.23. The zero-order chi connectivity index (χ0) is 11.3. The Hall–Kier alpha value is -1.39. The summed E-state index contributed by atoms with van der Waals surface area (Å²) in [5, 5.41) is 6.56. The van der Waals surface area contributed by atoms with Gasteiger partial charge in [0.25, 0.3) is 5.82 Å². The van der Waals surface area contributed by atoms with Crippen molar-refractivity contribution in [2.75, 3.05) is 6.61 Å². The lowest BCUT2D eigenvalue weighted by atomic mass is 10.1. The maximum atomic E-state index is 11.2. The van der Waals surface area contributed by atoms with Crippen molar-refractivity contribution in [3.8, 4) is 0 Å². The van der Waals surface area contributed by atoms with Crippen LogP contribution in [-0.4, -0.2) is 27.8 Å². The summed E-state index contributed by atoms with van der Waals surface area (Å²) in [4.78, 5) is 15.3. The number of carbonyl (C=O) groups is 1. The molecule has 0 radical (unpaired) electrons. The standard InChI is InChI=1S/C10H17N3O2/c1-4-7(3)6-8-11-9(13-12-8)10(14)15-5-2/h7H,4-6H2,1-3H3,(H,11,12,13). The van der Waals surface area contributed by atoms with E-state index in [1.165, 1.54) is 0 Å². The minimum Gasteiger partial charge on any atom is -0.460 e. The van der Waals surface area contributed by atoms with Gasteiger partial charge in [-0.15, -0.1) is 5.10 Å². The molecule has 1 heterocycles. The second kappa shape index (κ2) is 5.48. The quantitative estimate of drug-likeness (QED) is 0.750. The van der Waals surface area contributed by atoms with E-state index in [0.29, 0.717) is 12.5 Å². The maximum absolute atomic E-state index is 11.2. The second-order valence-corrected chi connectivity index (χ2v) is 3.54. The minimum atomic E-state index is -0.468. The number of nitrogens with one attached hydrogen (secondary N) is 1. The lowest BCUT2D eigenvalue weighted by Crippen LogP contribution is -2.07. The van der Waals surface area contributed by atoms with E-state index >= 15 is 0 Å². The van der Waals surface area contributed by atoms with Crippen LogP contribution in [0.5, 0.6) is 0 Å². The summed E-state index contributed by atoms with van der Waals surface area (Å²) in [6.45, 7) is 6.35. The zero-order valence-electron chi connectivity index (χ0n) is 9.41. The number of aromatic amines is 1. The average Bonchev–Trinajstić information content (AvgIpc) is 2.66. The molecule has 0 fully saturated rings. The second-order valence-electron chi connectivity index (χ2n) is 3.54. The highest BCUT2D eigenvalue weighted by Crippen LogP contribution is 2.07. The van der Waals surface area contributed by atoms with Crippen molar-refractivity contribution in [2.24, 2.45) is 5.92 Å². The van der Waals surface area contributed by atoms with E-state index in [9.17, 15) is 4.79 Å². The number of nitrogens with zero attached hydrogens (tertiary/aromatic N) is 2. The van der Waals surface area contributed by atoms with Crippen molar-refractivity contribution >= 4 is 5.97 Å². The monoisotopic (exact) mass is 211 g/mol. The van der Waals surface area contributed by atoms with E-state index in [-0.39, 0.29) is 5.82 Å². The summed E-state index contributed by atoms with van der Waals surface area (Å²) in [5.74, 6) is 0.930. The Kier molecular flexibility index (Phi) is 4.27. The normalized spacial score (nSPS) is 12.5. The molecule has 0 aliphatic rings. The highest BCUT2D eigenvalue weighted by atomic mass is 16.5. The zero-order valence-corrected chi connectivity index (χ0v) is 9.41. The van der Waals surface area contributed by atoms with Gasteiger partial charge in [-0.25, -0.2) is 9.78 Å². The van der Waals surface area contributed by atoms with E-state index < -0.39 is 5.97 Å². The van der Waals surface area contributed by atoms with Crippen LogP contribution in [0, 0.1) is 5.92 Å². The summed E-state index contributed by atoms with van der Waals surface area (Å²) in [5.41, 5.74) is 0. The van der Waals surface area contributed by atoms with Crippen LogP contribution in [0.3, 0.4) is 0 Å². The first-order valence-electron chi connectivity index (χ1n) is 5.25. The van der Waals surface area contributed by atoms with Crippen LogP contribution in [-0.2, 0) is 11.2 Å². The molecule has 0 aliphatic heterocycles. The number of aromatic nitrogens is 3. The first kappa shape index (κ1) is 11.7. The van der Waals surface area contributed by atoms with Gasteiger partial charge in [-0.05, 0) is 12.8 Å². The molecule has 1 N–H and O–H groups in total. The average molecular weight is 211 g/mol. The predicted octanol–water partition coefficient (Wildman–Crippen LogP) is 1.57. The van der Waals surface area contributed by atoms with Gasteiger partial charge < -0.3 is 4.74 Å². The van der Waals surface area contributed by atoms with Crippen molar-refractivity contribution in [1.82, 2.24) is 15.2 Å². The Morgan fingerprint density at radius 1 is 1.53 bits per heavy atom. The van der Waals surface area contributed by atoms with Crippen LogP contribution in [0.2, 0.25) is 0 Å². The van der Waals surface area contributed by atoms with E-state index in [1.54, 1.807) is 6.92 Å². The first-order valence-corrected chi connectivity index (χ1v) is 5.25. The van der Waals surface area contributed by atoms with Crippen molar-refractivity contribution in [3.05, 3.63) is 11.6 Å². The Morgan fingerprint density at radius 2 is 2.27 bits per heavy atom. The van der Waals surface area contributed by atoms with Gasteiger partial charge in [-0.3, -0.25) is 5.10 Å². The van der Waals surface area contributed by atoms with Gasteiger partial charge in [0.1, 0.15) is 5.82 Å². The molecule has 0 saturated carbocycles. The molecule has 0 aliphatic carbocycles. The number of esters is 1. The van der Waals surface area contributed by atoms with Crippen molar-refractivity contribution in [2.45, 2.75) is 33.6 Å². The summed E-state index contributed by atoms with van der Waals surface area (Å²) >= 11 is 0. The lowest BCUT2D eigenvalue weighted by Gasteiger charge is -2.03. The van der Waals surface area contributed by atoms with Gasteiger partial charge in [-0.2, -0.15) is 0 Å². The van der Waals surface area contributed by atoms with Crippen LogP contribution in [0.4, 0.5) is 0 Å². The van der Waals surface area contributed by atoms with Crippen LogP contribution < -0.4 is 0 Å². The van der Waals surface area contributed by atoms with Gasteiger partial charge in [0.2, 0.25) is 0 Å². The Labute approximate surface area is 89.2 Å². The SMILES string of the molecule is CCOC(=O)c1n[nH]c(CC(C)CC)n1. The Bertz CT molecular complexity index is 322. The summed E-state index contributed by atoms with van der Waals surface area (Å²) in [6.07, 6.45) is 1.89. The van der Waals surface area contributed by atoms with Gasteiger partial charge >= 0.3 is 5.97 Å². The van der Waals surface area contributed by atoms with Crippen LogP contribution in [0.25, 0.3) is 0 Å². The molecule has 1 rings (SSSR count). The van der Waals surface area contributed by atoms with Gasteiger partial charge in [-0.1, -0.05) is 20.3 Å². The molecule has 0 spiro atoms. The molecule has 1 unspecified atom stereocenters. The number of ether oxygens (including phenoxy) is 1. The molecule has 84 valence electrons. The van der Waals surface area contributed by atoms with Gasteiger partial charge in [0.15, 0.2) is 0 Å². The summed E-state index contributed by atoms with van der Waals surface area (Å²) < 4.78 is 4.79. The summed E-state index contributed by atoms with van der Waals surface area (Å²) in [7, 11) is 0. The molecule has 5 heteroatoms. The van der Waals surface area contributed by atoms with Crippen LogP contribution >= 0.6 is 0 Å². The van der Waals surface area contributed by atoms with Crippen molar-refractivity contribution in [1.29, 1.82) is 0 Å². The first-order chi connectivity index (χ1) is 7.17. The number of hydrogen-bond acceptors (Lipinski definition) is 4. The minimum absolute atomic E-state index is 0.121. The fourth-order valence-electron chi connectivity index (χ4n) is 1.15. The lowest BCUT2D eigenvalue weighted by molar-refractivity contribution is 0.0512. The Balaban J connectivity index is 2.59. The highest BCUT2D eigenvalue weighted by Gasteiger charge is 2.14. The molecule has 0 saturated heterocycles.